The van der Waals surface area contributed by atoms with Crippen molar-refractivity contribution in [2.45, 2.75) is 51.8 Å². The molecule has 1 fully saturated rings. The van der Waals surface area contributed by atoms with E-state index in [1.165, 1.54) is 0 Å². The van der Waals surface area contributed by atoms with E-state index in [4.69, 9.17) is 9.47 Å². The van der Waals surface area contributed by atoms with Gasteiger partial charge in [-0.3, -0.25) is 0 Å². The molecule has 0 aliphatic heterocycles. The van der Waals surface area contributed by atoms with Gasteiger partial charge in [0.25, 0.3) is 0 Å². The molecule has 1 aromatic carbocycles. The van der Waals surface area contributed by atoms with Crippen molar-refractivity contribution < 1.29 is 13.9 Å². The molecule has 9 heteroatoms. The van der Waals surface area contributed by atoms with Crippen LogP contribution in [0, 0.1) is 12.7 Å². The minimum atomic E-state index is -0.323. The Hall–Kier alpha value is -3.04. The molecule has 4 aromatic rings. The Morgan fingerprint density at radius 2 is 2.03 bits per heavy atom. The van der Waals surface area contributed by atoms with Crippen LogP contribution in [0.3, 0.4) is 0 Å². The van der Waals surface area contributed by atoms with Crippen molar-refractivity contribution >= 4 is 22.5 Å². The molecular weight excluding hydrogens is 423 g/mol. The molecule has 3 aromatic heterocycles. The van der Waals surface area contributed by atoms with Gasteiger partial charge in [0.15, 0.2) is 5.82 Å². The van der Waals surface area contributed by atoms with Gasteiger partial charge in [0.1, 0.15) is 11.3 Å². The van der Waals surface area contributed by atoms with Crippen LogP contribution in [0.15, 0.2) is 30.6 Å². The molecule has 0 amide bonds. The van der Waals surface area contributed by atoms with E-state index in [1.807, 2.05) is 25.3 Å². The second-order valence-electron chi connectivity index (χ2n) is 8.89. The smallest absolute Gasteiger partial charge is 0.241 e. The van der Waals surface area contributed by atoms with Gasteiger partial charge in [0, 0.05) is 31.0 Å². The maximum absolute atomic E-state index is 14.9. The minimum absolute atomic E-state index is 0.184. The summed E-state index contributed by atoms with van der Waals surface area (Å²) in [5.41, 5.74) is 3.68. The predicted molar refractivity (Wildman–Crippen MR) is 125 cm³/mol. The number of rotatable bonds is 8. The summed E-state index contributed by atoms with van der Waals surface area (Å²) >= 11 is 0. The van der Waals surface area contributed by atoms with E-state index in [2.05, 4.69) is 38.8 Å². The molecule has 0 spiro atoms. The van der Waals surface area contributed by atoms with Crippen LogP contribution in [0.25, 0.3) is 27.7 Å². The standard InChI is InChI=1S/C24H29FN6O2/c1-14(2)31-15(3)27-23-20(25)9-16(10-21(23)31)19-5-6-30-22(19)13-26-24(29-30)28-17-11-18(12-17)33-8-7-32-4/h5-6,9-10,13-14,17-18H,7-8,11-12H2,1-4H3,(H,28,29)/t17-,18+. The number of aryl methyl sites for hydroxylation is 1. The molecule has 0 saturated heterocycles. The highest BCUT2D eigenvalue weighted by Gasteiger charge is 2.30. The summed E-state index contributed by atoms with van der Waals surface area (Å²) in [5.74, 6) is 1.05. The van der Waals surface area contributed by atoms with E-state index < -0.39 is 0 Å². The molecule has 1 N–H and O–H groups in total. The Labute approximate surface area is 191 Å². The Kier molecular flexibility index (Phi) is 5.76. The van der Waals surface area contributed by atoms with Gasteiger partial charge >= 0.3 is 0 Å². The van der Waals surface area contributed by atoms with Crippen LogP contribution in [-0.2, 0) is 9.47 Å². The Bertz CT molecular complexity index is 1290. The molecule has 1 saturated carbocycles. The first-order valence-corrected chi connectivity index (χ1v) is 11.3. The average molecular weight is 453 g/mol. The van der Waals surface area contributed by atoms with E-state index in [0.29, 0.717) is 30.7 Å². The predicted octanol–water partition coefficient (Wildman–Crippen LogP) is 4.38. The first-order chi connectivity index (χ1) is 15.9. The summed E-state index contributed by atoms with van der Waals surface area (Å²) in [7, 11) is 1.67. The van der Waals surface area contributed by atoms with Gasteiger partial charge in [-0.2, -0.15) is 0 Å². The van der Waals surface area contributed by atoms with Gasteiger partial charge in [0.05, 0.1) is 36.5 Å². The summed E-state index contributed by atoms with van der Waals surface area (Å²) in [4.78, 5) is 8.94. The third-order valence-electron chi connectivity index (χ3n) is 6.24. The molecule has 8 nitrogen and oxygen atoms in total. The highest BCUT2D eigenvalue weighted by molar-refractivity contribution is 5.88. The van der Waals surface area contributed by atoms with Crippen LogP contribution < -0.4 is 5.32 Å². The quantitative estimate of drug-likeness (QED) is 0.400. The molecular formula is C24H29FN6O2. The lowest BCUT2D eigenvalue weighted by molar-refractivity contribution is -0.0261. The van der Waals surface area contributed by atoms with Crippen LogP contribution in [0.2, 0.25) is 0 Å². The fourth-order valence-corrected chi connectivity index (χ4v) is 4.59. The number of aromatic nitrogens is 5. The summed E-state index contributed by atoms with van der Waals surface area (Å²) in [6, 6.07) is 5.96. The van der Waals surface area contributed by atoms with Gasteiger partial charge < -0.3 is 19.4 Å². The number of ether oxygens (including phenoxy) is 2. The number of imidazole rings is 1. The number of nitrogens with one attached hydrogen (secondary N) is 1. The van der Waals surface area contributed by atoms with Crippen molar-refractivity contribution in [1.29, 1.82) is 0 Å². The Balaban J connectivity index is 1.37. The first kappa shape index (κ1) is 21.8. The number of nitrogens with zero attached hydrogens (tertiary/aromatic N) is 5. The van der Waals surface area contributed by atoms with Gasteiger partial charge in [-0.15, -0.1) is 5.10 Å². The highest BCUT2D eigenvalue weighted by Crippen LogP contribution is 2.32. The lowest BCUT2D eigenvalue weighted by atomic mass is 9.89. The summed E-state index contributed by atoms with van der Waals surface area (Å²) in [6.45, 7) is 7.29. The molecule has 174 valence electrons. The Morgan fingerprint density at radius 3 is 2.79 bits per heavy atom. The van der Waals surface area contributed by atoms with Gasteiger partial charge in [-0.1, -0.05) is 0 Å². The second kappa shape index (κ2) is 8.72. The molecule has 1 aliphatic carbocycles. The third kappa shape index (κ3) is 4.06. The van der Waals surface area contributed by atoms with Crippen molar-refractivity contribution in [3.63, 3.8) is 0 Å². The maximum atomic E-state index is 14.9. The molecule has 33 heavy (non-hydrogen) atoms. The zero-order chi connectivity index (χ0) is 23.1. The number of methoxy groups -OCH3 is 1. The van der Waals surface area contributed by atoms with Gasteiger partial charge in [-0.25, -0.2) is 18.9 Å². The van der Waals surface area contributed by atoms with Crippen LogP contribution in [-0.4, -0.2) is 56.6 Å². The SMILES string of the molecule is COCCO[C@H]1C[C@@H](Nc2ncc3c(-c4cc(F)c5nc(C)n(C(C)C)c5c4)ccn3n2)C1. The van der Waals surface area contributed by atoms with Crippen LogP contribution >= 0.6 is 0 Å². The largest absolute Gasteiger partial charge is 0.382 e. The van der Waals surface area contributed by atoms with E-state index in [1.54, 1.807) is 23.9 Å². The van der Waals surface area contributed by atoms with E-state index in [-0.39, 0.29) is 18.0 Å². The lowest BCUT2D eigenvalue weighted by Crippen LogP contribution is -2.41. The summed E-state index contributed by atoms with van der Waals surface area (Å²) in [6.07, 6.45) is 5.76. The molecule has 5 rings (SSSR count). The minimum Gasteiger partial charge on any atom is -0.382 e. The fraction of sp³-hybridized carbons (Fsp3) is 0.458. The molecule has 0 unspecified atom stereocenters. The monoisotopic (exact) mass is 452 g/mol. The zero-order valence-corrected chi connectivity index (χ0v) is 19.4. The van der Waals surface area contributed by atoms with Crippen LogP contribution in [0.5, 0.6) is 0 Å². The van der Waals surface area contributed by atoms with Gasteiger partial charge in [-0.05, 0) is 57.4 Å². The fourth-order valence-electron chi connectivity index (χ4n) is 4.59. The normalized spacial score (nSPS) is 18.4. The first-order valence-electron chi connectivity index (χ1n) is 11.3. The van der Waals surface area contributed by atoms with Crippen molar-refractivity contribution in [3.05, 3.63) is 42.2 Å². The Morgan fingerprint density at radius 1 is 1.21 bits per heavy atom. The summed E-state index contributed by atoms with van der Waals surface area (Å²) < 4.78 is 29.5. The maximum Gasteiger partial charge on any atom is 0.241 e. The second-order valence-corrected chi connectivity index (χ2v) is 8.89. The zero-order valence-electron chi connectivity index (χ0n) is 19.4. The van der Waals surface area contributed by atoms with Crippen LogP contribution in [0.1, 0.15) is 38.6 Å². The van der Waals surface area contributed by atoms with Crippen molar-refractivity contribution in [1.82, 2.24) is 24.1 Å². The molecule has 1 aliphatic rings. The molecule has 3 heterocycles. The number of anilines is 1. The van der Waals surface area contributed by atoms with Crippen molar-refractivity contribution in [3.8, 4) is 11.1 Å². The highest BCUT2D eigenvalue weighted by atomic mass is 19.1. The van der Waals surface area contributed by atoms with E-state index in [0.717, 1.165) is 40.8 Å². The molecule has 0 bridgehead atoms. The van der Waals surface area contributed by atoms with Gasteiger partial charge in [0.2, 0.25) is 5.95 Å². The number of halogens is 1. The topological polar surface area (TPSA) is 78.5 Å². The number of fused-ring (bicyclic) bond motifs is 2. The summed E-state index contributed by atoms with van der Waals surface area (Å²) in [5, 5.41) is 7.97. The number of hydrogen-bond donors (Lipinski definition) is 1. The molecule has 0 atom stereocenters. The van der Waals surface area contributed by atoms with E-state index in [9.17, 15) is 4.39 Å². The third-order valence-corrected chi connectivity index (χ3v) is 6.24. The molecule has 0 radical (unpaired) electrons. The average Bonchev–Trinajstić information content (AvgIpc) is 3.32. The number of hydrogen-bond acceptors (Lipinski definition) is 6. The number of benzene rings is 1. The van der Waals surface area contributed by atoms with Crippen molar-refractivity contribution in [2.75, 3.05) is 25.6 Å². The van der Waals surface area contributed by atoms with Crippen LogP contribution in [0.4, 0.5) is 10.3 Å². The van der Waals surface area contributed by atoms with E-state index >= 15 is 0 Å². The lowest BCUT2D eigenvalue weighted by Gasteiger charge is -2.35. The van der Waals surface area contributed by atoms with Crippen molar-refractivity contribution in [2.24, 2.45) is 0 Å².